The molecule has 0 unspecified atom stereocenters. The molecule has 0 bridgehead atoms. The SMILES string of the molecule is CCCCCCCCCCCCCCCCCCOC(=O)CCc1cc(C(C)(C)C)c([P+]2(O)Oc3c(cc(C(C)(C)CC)cc3C(C)(C)CC)Cc3cc(C(C)(C)CC)cc(C(C)(C)CC)c3O2)c(C(C)(C)C)c1. The van der Waals surface area contributed by atoms with E-state index in [1.54, 1.807) is 0 Å². The van der Waals surface area contributed by atoms with Crippen molar-refractivity contribution in [3.63, 3.8) is 0 Å². The third-order valence-electron chi connectivity index (χ3n) is 17.6. The minimum atomic E-state index is -4.05. The zero-order valence-corrected chi connectivity index (χ0v) is 52.4. The molecule has 418 valence electrons. The summed E-state index contributed by atoms with van der Waals surface area (Å²) in [6.07, 6.45) is 26.3. The van der Waals surface area contributed by atoms with Gasteiger partial charge in [0.15, 0.2) is 11.5 Å². The van der Waals surface area contributed by atoms with Crippen LogP contribution >= 0.6 is 7.94 Å². The maximum absolute atomic E-state index is 14.3. The van der Waals surface area contributed by atoms with E-state index in [0.29, 0.717) is 25.9 Å². The number of esters is 1. The first-order chi connectivity index (χ1) is 34.5. The van der Waals surface area contributed by atoms with E-state index in [1.165, 1.54) is 101 Å². The van der Waals surface area contributed by atoms with Crippen LogP contribution in [-0.4, -0.2) is 17.5 Å². The first-order valence-corrected chi connectivity index (χ1v) is 31.8. The lowest BCUT2D eigenvalue weighted by Gasteiger charge is -2.37. The number of rotatable bonds is 29. The summed E-state index contributed by atoms with van der Waals surface area (Å²) in [5, 5.41) is 0.752. The van der Waals surface area contributed by atoms with Crippen molar-refractivity contribution in [3.8, 4) is 11.5 Å². The van der Waals surface area contributed by atoms with E-state index in [0.717, 1.165) is 94.3 Å². The number of unbranched alkanes of at least 4 members (excludes halogenated alkanes) is 15. The van der Waals surface area contributed by atoms with Crippen LogP contribution in [0, 0.1) is 0 Å². The number of ether oxygens (including phenoxy) is 1. The van der Waals surface area contributed by atoms with Crippen LogP contribution in [0.3, 0.4) is 0 Å². The van der Waals surface area contributed by atoms with E-state index in [9.17, 15) is 9.69 Å². The first-order valence-electron chi connectivity index (χ1n) is 30.2. The molecule has 3 aromatic carbocycles. The van der Waals surface area contributed by atoms with Crippen molar-refractivity contribution in [2.75, 3.05) is 6.61 Å². The van der Waals surface area contributed by atoms with Crippen LogP contribution in [0.4, 0.5) is 0 Å². The molecule has 1 heterocycles. The molecule has 0 saturated carbocycles. The minimum Gasteiger partial charge on any atom is -0.466 e. The fourth-order valence-corrected chi connectivity index (χ4v) is 13.0. The molecule has 5 nitrogen and oxygen atoms in total. The molecule has 0 spiro atoms. The highest BCUT2D eigenvalue weighted by atomic mass is 31.2. The second-order valence-corrected chi connectivity index (χ2v) is 29.3. The van der Waals surface area contributed by atoms with Crippen molar-refractivity contribution in [1.29, 1.82) is 0 Å². The standard InChI is InChI=1S/C68H112O5P/c1-20-25-26-27-28-29-30-31-32-33-34-35-36-37-38-39-42-71-59(69)41-40-50-43-57(63(6,7)8)62(58(44-50)64(9,10)11)74(70)72-60-51(46-53(65(12,13)21-2)48-55(60)67(16,17)23-4)45-52-47-54(66(14,15)22-3)49-56(61(52)73-74)68(18,19)24-5/h43-44,46-49,70H,20-42,45H2,1-19H3/q+1. The summed E-state index contributed by atoms with van der Waals surface area (Å²) >= 11 is 0. The number of carbonyl (C=O) groups is 1. The number of hydrogen-bond acceptors (Lipinski definition) is 5. The molecular weight excluding hydrogens is 928 g/mol. The maximum Gasteiger partial charge on any atom is 0.533 e. The largest absolute Gasteiger partial charge is 0.533 e. The fourth-order valence-electron chi connectivity index (χ4n) is 10.4. The van der Waals surface area contributed by atoms with Gasteiger partial charge in [-0.25, -0.2) is 0 Å². The zero-order chi connectivity index (χ0) is 55.3. The smallest absolute Gasteiger partial charge is 0.466 e. The molecule has 1 N–H and O–H groups in total. The monoisotopic (exact) mass is 1040 g/mol. The summed E-state index contributed by atoms with van der Waals surface area (Å²) in [4.78, 5) is 27.7. The van der Waals surface area contributed by atoms with E-state index >= 15 is 0 Å². The Kier molecular flexibility index (Phi) is 23.3. The summed E-state index contributed by atoms with van der Waals surface area (Å²) < 4.78 is 21.1. The number of fused-ring (bicyclic) bond motifs is 2. The molecule has 4 rings (SSSR count). The van der Waals surface area contributed by atoms with E-state index in [-0.39, 0.29) is 27.6 Å². The van der Waals surface area contributed by atoms with Crippen LogP contribution in [0.1, 0.15) is 316 Å². The Balaban J connectivity index is 1.72. The normalized spacial score (nSPS) is 14.4. The van der Waals surface area contributed by atoms with Crippen LogP contribution in [0.25, 0.3) is 0 Å². The number of hydrogen-bond donors (Lipinski definition) is 1. The molecule has 0 radical (unpaired) electrons. The topological polar surface area (TPSA) is 65.0 Å². The lowest BCUT2D eigenvalue weighted by molar-refractivity contribution is -0.143. The van der Waals surface area contributed by atoms with Gasteiger partial charge in [0.1, 0.15) is 0 Å². The molecule has 0 aliphatic carbocycles. The Labute approximate surface area is 456 Å². The third-order valence-corrected chi connectivity index (χ3v) is 19.6. The molecular formula is C68H112O5P+. The van der Waals surface area contributed by atoms with E-state index in [4.69, 9.17) is 13.8 Å². The number of aryl methyl sites for hydroxylation is 1. The summed E-state index contributed by atoms with van der Waals surface area (Å²) in [5.41, 5.74) is 8.53. The third kappa shape index (κ3) is 17.1. The van der Waals surface area contributed by atoms with E-state index in [1.807, 2.05) is 0 Å². The van der Waals surface area contributed by atoms with Gasteiger partial charge in [-0.15, -0.1) is 0 Å². The summed E-state index contributed by atoms with van der Waals surface area (Å²) in [7, 11) is -4.05. The van der Waals surface area contributed by atoms with Crippen molar-refractivity contribution >= 4 is 19.2 Å². The van der Waals surface area contributed by atoms with E-state index in [2.05, 4.69) is 168 Å². The highest BCUT2D eigenvalue weighted by Gasteiger charge is 2.57. The quantitative estimate of drug-likeness (QED) is 0.0426. The Morgan fingerprint density at radius 2 is 0.838 bits per heavy atom. The Morgan fingerprint density at radius 1 is 0.486 bits per heavy atom. The second-order valence-electron chi connectivity index (χ2n) is 27.4. The lowest BCUT2D eigenvalue weighted by Crippen LogP contribution is -2.37. The Morgan fingerprint density at radius 3 is 1.18 bits per heavy atom. The lowest BCUT2D eigenvalue weighted by atomic mass is 9.73. The molecule has 0 saturated heterocycles. The summed E-state index contributed by atoms with van der Waals surface area (Å²) in [6, 6.07) is 14.0. The Hall–Kier alpha value is -2.88. The number of benzene rings is 3. The molecule has 1 aliphatic rings. The molecule has 1 aliphatic heterocycles. The first kappa shape index (κ1) is 63.7. The van der Waals surface area contributed by atoms with Crippen molar-refractivity contribution in [1.82, 2.24) is 0 Å². The molecule has 0 amide bonds. The van der Waals surface area contributed by atoms with Crippen molar-refractivity contribution in [2.24, 2.45) is 0 Å². The predicted octanol–water partition coefficient (Wildman–Crippen LogP) is 20.2. The van der Waals surface area contributed by atoms with Crippen LogP contribution in [0.15, 0.2) is 36.4 Å². The zero-order valence-electron chi connectivity index (χ0n) is 51.5. The second kappa shape index (κ2) is 27.1. The van der Waals surface area contributed by atoms with Gasteiger partial charge in [0.05, 0.1) is 6.61 Å². The highest BCUT2D eigenvalue weighted by molar-refractivity contribution is 7.69. The summed E-state index contributed by atoms with van der Waals surface area (Å²) in [6.45, 7) is 43.8. The Bertz CT molecular complexity index is 2120. The summed E-state index contributed by atoms with van der Waals surface area (Å²) in [5.74, 6) is 1.35. The van der Waals surface area contributed by atoms with Crippen molar-refractivity contribution in [3.05, 3.63) is 86.5 Å². The number of carbonyl (C=O) groups excluding carboxylic acids is 1. The van der Waals surface area contributed by atoms with Gasteiger partial charge in [-0.3, -0.25) is 13.8 Å². The predicted molar refractivity (Wildman–Crippen MR) is 322 cm³/mol. The fraction of sp³-hybridized carbons (Fsp3) is 0.721. The molecule has 74 heavy (non-hydrogen) atoms. The van der Waals surface area contributed by atoms with Gasteiger partial charge in [0.2, 0.25) is 5.30 Å². The average Bonchev–Trinajstić information content (AvgIpc) is 3.33. The van der Waals surface area contributed by atoms with Gasteiger partial charge >= 0.3 is 13.9 Å². The molecule has 0 atom stereocenters. The molecule has 6 heteroatoms. The molecule has 3 aromatic rings. The molecule has 0 aromatic heterocycles. The van der Waals surface area contributed by atoms with Gasteiger partial charge in [-0.1, -0.05) is 264 Å². The average molecular weight is 1040 g/mol. The minimum absolute atomic E-state index is 0.0746. The van der Waals surface area contributed by atoms with Gasteiger partial charge in [-0.05, 0) is 87.7 Å². The van der Waals surface area contributed by atoms with Gasteiger partial charge < -0.3 is 4.74 Å². The van der Waals surface area contributed by atoms with Crippen LogP contribution in [-0.2, 0) is 54.9 Å². The van der Waals surface area contributed by atoms with Gasteiger partial charge in [0, 0.05) is 46.2 Å². The van der Waals surface area contributed by atoms with Crippen LogP contribution in [0.2, 0.25) is 0 Å². The maximum atomic E-state index is 14.3. The van der Waals surface area contributed by atoms with Gasteiger partial charge in [0.25, 0.3) is 0 Å². The van der Waals surface area contributed by atoms with Crippen LogP contribution < -0.4 is 14.4 Å². The van der Waals surface area contributed by atoms with Gasteiger partial charge in [-0.2, -0.15) is 4.89 Å². The van der Waals surface area contributed by atoms with Crippen LogP contribution in [0.5, 0.6) is 11.5 Å². The van der Waals surface area contributed by atoms with E-state index < -0.39 is 18.8 Å². The molecule has 0 fully saturated rings. The van der Waals surface area contributed by atoms with Crippen molar-refractivity contribution in [2.45, 2.75) is 312 Å². The highest BCUT2D eigenvalue weighted by Crippen LogP contribution is 2.63. The van der Waals surface area contributed by atoms with Crippen molar-refractivity contribution < 1.29 is 23.5 Å².